The maximum Gasteiger partial charge on any atom is 0.231 e. The number of carbonyl (C=O) groups is 1. The van der Waals surface area contributed by atoms with Gasteiger partial charge in [-0.3, -0.25) is 14.7 Å². The number of allylic oxidation sites excluding steroid dienone is 1. The van der Waals surface area contributed by atoms with Gasteiger partial charge in [0.15, 0.2) is 5.76 Å². The van der Waals surface area contributed by atoms with Gasteiger partial charge in [-0.05, 0) is 49.2 Å². The Hall–Kier alpha value is -3.44. The number of hydrogen-bond acceptors (Lipinski definition) is 5. The number of ether oxygens (including phenoxy) is 2. The molecule has 30 heavy (non-hydrogen) atoms. The van der Waals surface area contributed by atoms with E-state index in [4.69, 9.17) is 9.47 Å². The number of pyridine rings is 1. The van der Waals surface area contributed by atoms with Gasteiger partial charge in [0.25, 0.3) is 0 Å². The third-order valence-electron chi connectivity index (χ3n) is 5.59. The predicted octanol–water partition coefficient (Wildman–Crippen LogP) is 4.67. The van der Waals surface area contributed by atoms with Gasteiger partial charge in [-0.15, -0.1) is 0 Å². The summed E-state index contributed by atoms with van der Waals surface area (Å²) in [6.07, 6.45) is 3.62. The van der Waals surface area contributed by atoms with Crippen LogP contribution in [-0.2, 0) is 13.1 Å². The highest BCUT2D eigenvalue weighted by Crippen LogP contribution is 2.43. The summed E-state index contributed by atoms with van der Waals surface area (Å²) < 4.78 is 12.1. The molecule has 0 radical (unpaired) electrons. The summed E-state index contributed by atoms with van der Waals surface area (Å²) in [4.78, 5) is 19.6. The van der Waals surface area contributed by atoms with Gasteiger partial charge in [-0.25, -0.2) is 0 Å². The van der Waals surface area contributed by atoms with E-state index in [1.807, 2.05) is 68.5 Å². The highest BCUT2D eigenvalue weighted by atomic mass is 16.5. The summed E-state index contributed by atoms with van der Waals surface area (Å²) in [5.41, 5.74) is 5.56. The van der Waals surface area contributed by atoms with E-state index in [0.717, 1.165) is 33.7 Å². The smallest absolute Gasteiger partial charge is 0.231 e. The second kappa shape index (κ2) is 7.43. The van der Waals surface area contributed by atoms with E-state index < -0.39 is 0 Å². The Morgan fingerprint density at radius 2 is 1.93 bits per heavy atom. The van der Waals surface area contributed by atoms with Gasteiger partial charge in [-0.1, -0.05) is 30.3 Å². The number of hydrogen-bond donors (Lipinski definition) is 0. The lowest BCUT2D eigenvalue weighted by molar-refractivity contribution is 0.0865. The molecule has 5 rings (SSSR count). The van der Waals surface area contributed by atoms with E-state index >= 15 is 0 Å². The second-order valence-corrected chi connectivity index (χ2v) is 7.74. The van der Waals surface area contributed by atoms with Crippen LogP contribution in [0.15, 0.2) is 60.5 Å². The number of Topliss-reactive ketones (excluding diaryl/α,β-unsaturated/α-hetero) is 1. The van der Waals surface area contributed by atoms with Crippen LogP contribution in [0.5, 0.6) is 11.5 Å². The molecule has 0 atom stereocenters. The van der Waals surface area contributed by atoms with Crippen molar-refractivity contribution in [3.63, 3.8) is 0 Å². The Bertz CT molecular complexity index is 1170. The molecular formula is C25H22N2O3. The van der Waals surface area contributed by atoms with Crippen LogP contribution in [0.1, 0.15) is 38.3 Å². The molecule has 150 valence electrons. The molecule has 0 bridgehead atoms. The molecule has 0 saturated carbocycles. The first-order valence-corrected chi connectivity index (χ1v) is 10.0. The van der Waals surface area contributed by atoms with Crippen LogP contribution in [0, 0.1) is 13.8 Å². The van der Waals surface area contributed by atoms with Gasteiger partial charge in [-0.2, -0.15) is 0 Å². The summed E-state index contributed by atoms with van der Waals surface area (Å²) in [5, 5.41) is 0. The zero-order valence-electron chi connectivity index (χ0n) is 17.0. The van der Waals surface area contributed by atoms with Crippen LogP contribution in [0.4, 0.5) is 0 Å². The Balaban J connectivity index is 1.44. The van der Waals surface area contributed by atoms with Crippen LogP contribution < -0.4 is 9.47 Å². The predicted molar refractivity (Wildman–Crippen MR) is 114 cm³/mol. The van der Waals surface area contributed by atoms with Crippen LogP contribution >= 0.6 is 0 Å². The fraction of sp³-hybridized carbons (Fsp3) is 0.200. The first-order valence-electron chi connectivity index (χ1n) is 10.0. The maximum atomic E-state index is 13.1. The molecule has 1 aromatic heterocycles. The van der Waals surface area contributed by atoms with E-state index in [1.54, 1.807) is 6.20 Å². The van der Waals surface area contributed by atoms with Gasteiger partial charge < -0.3 is 9.47 Å². The van der Waals surface area contributed by atoms with E-state index in [0.29, 0.717) is 36.9 Å². The molecule has 0 saturated heterocycles. The normalized spacial score (nSPS) is 16.7. The molecule has 0 aliphatic carbocycles. The van der Waals surface area contributed by atoms with Crippen molar-refractivity contribution in [1.29, 1.82) is 0 Å². The molecule has 2 aromatic carbocycles. The fourth-order valence-electron chi connectivity index (χ4n) is 4.01. The van der Waals surface area contributed by atoms with Crippen molar-refractivity contribution in [2.45, 2.75) is 26.9 Å². The molecule has 0 N–H and O–H groups in total. The van der Waals surface area contributed by atoms with Crippen LogP contribution in [0.25, 0.3) is 6.08 Å². The average molecular weight is 398 g/mol. The number of aryl methyl sites for hydroxylation is 1. The number of aromatic nitrogens is 1. The van der Waals surface area contributed by atoms with Gasteiger partial charge >= 0.3 is 0 Å². The summed E-state index contributed by atoms with van der Waals surface area (Å²) >= 11 is 0. The average Bonchev–Trinajstić information content (AvgIpc) is 3.06. The van der Waals surface area contributed by atoms with E-state index in [2.05, 4.69) is 9.88 Å². The molecule has 2 aliphatic rings. The van der Waals surface area contributed by atoms with Crippen LogP contribution in [0.3, 0.4) is 0 Å². The lowest BCUT2D eigenvalue weighted by Gasteiger charge is -2.30. The molecule has 2 aliphatic heterocycles. The number of fused-ring (bicyclic) bond motifs is 2. The summed E-state index contributed by atoms with van der Waals surface area (Å²) in [6.45, 7) is 5.84. The number of nitrogens with zero attached hydrogens (tertiary/aromatic N) is 2. The standard InChI is InChI=1S/C25H22N2O3/c1-16-7-3-4-8-18(16)12-22-23(28)21-11-19-13-27(14-20-9-5-6-10-26-20)15-29-24(19)17(2)25(21)30-22/h3-12H,13-15H2,1-2H3/b22-12-. The number of carbonyl (C=O) groups excluding carboxylic acids is 1. The lowest BCUT2D eigenvalue weighted by atomic mass is 9.99. The zero-order valence-corrected chi connectivity index (χ0v) is 17.0. The Morgan fingerprint density at radius 1 is 1.10 bits per heavy atom. The van der Waals surface area contributed by atoms with E-state index in [9.17, 15) is 4.79 Å². The minimum atomic E-state index is -0.0824. The highest BCUT2D eigenvalue weighted by molar-refractivity contribution is 6.15. The van der Waals surface area contributed by atoms with Gasteiger partial charge in [0.05, 0.1) is 11.3 Å². The van der Waals surface area contributed by atoms with Gasteiger partial charge in [0.2, 0.25) is 5.78 Å². The topological polar surface area (TPSA) is 51.7 Å². The first-order chi connectivity index (χ1) is 14.6. The molecular weight excluding hydrogens is 376 g/mol. The second-order valence-electron chi connectivity index (χ2n) is 7.74. The van der Waals surface area contributed by atoms with E-state index in [1.165, 1.54) is 0 Å². The van der Waals surface area contributed by atoms with Gasteiger partial charge in [0, 0.05) is 30.4 Å². The third-order valence-corrected chi connectivity index (χ3v) is 5.59. The van der Waals surface area contributed by atoms with Gasteiger partial charge in [0.1, 0.15) is 18.2 Å². The number of benzene rings is 2. The molecule has 0 unspecified atom stereocenters. The van der Waals surface area contributed by atoms with E-state index in [-0.39, 0.29) is 5.78 Å². The summed E-state index contributed by atoms with van der Waals surface area (Å²) in [6, 6.07) is 15.8. The van der Waals surface area contributed by atoms with Crippen molar-refractivity contribution in [3.05, 3.63) is 94.0 Å². The number of rotatable bonds is 3. The molecule has 5 heteroatoms. The molecule has 5 nitrogen and oxygen atoms in total. The fourth-order valence-corrected chi connectivity index (χ4v) is 4.01. The molecule has 0 fully saturated rings. The van der Waals surface area contributed by atoms with Crippen LogP contribution in [-0.4, -0.2) is 22.4 Å². The first kappa shape index (κ1) is 18.6. The Labute approximate surface area is 175 Å². The maximum absolute atomic E-state index is 13.1. The summed E-state index contributed by atoms with van der Waals surface area (Å²) in [5.74, 6) is 1.70. The van der Waals surface area contributed by atoms with Crippen molar-refractivity contribution >= 4 is 11.9 Å². The quantitative estimate of drug-likeness (QED) is 0.600. The minimum absolute atomic E-state index is 0.0824. The van der Waals surface area contributed by atoms with Crippen LogP contribution in [0.2, 0.25) is 0 Å². The minimum Gasteiger partial charge on any atom is -0.477 e. The molecule has 0 spiro atoms. The third kappa shape index (κ3) is 3.27. The van der Waals surface area contributed by atoms with Crippen molar-refractivity contribution in [2.24, 2.45) is 0 Å². The zero-order chi connectivity index (χ0) is 20.7. The van der Waals surface area contributed by atoms with Crippen molar-refractivity contribution in [2.75, 3.05) is 6.73 Å². The Kier molecular flexibility index (Phi) is 4.60. The number of ketones is 1. The monoisotopic (exact) mass is 398 g/mol. The molecule has 3 heterocycles. The SMILES string of the molecule is Cc1ccccc1/C=C1\Oc2c(cc3c(c2C)OCN(Cc2ccccn2)C3)C1=O. The highest BCUT2D eigenvalue weighted by Gasteiger charge is 2.33. The van der Waals surface area contributed by atoms with Crippen molar-refractivity contribution in [3.8, 4) is 11.5 Å². The van der Waals surface area contributed by atoms with Crippen molar-refractivity contribution < 1.29 is 14.3 Å². The molecule has 0 amide bonds. The summed E-state index contributed by atoms with van der Waals surface area (Å²) in [7, 11) is 0. The lowest BCUT2D eigenvalue weighted by Crippen LogP contribution is -2.32. The molecule has 3 aromatic rings. The largest absolute Gasteiger partial charge is 0.477 e. The van der Waals surface area contributed by atoms with Crippen molar-refractivity contribution in [1.82, 2.24) is 9.88 Å². The Morgan fingerprint density at radius 3 is 2.73 bits per heavy atom.